The number of aromatic nitrogens is 3. The fraction of sp³-hybridized carbons (Fsp3) is 0.174. The molecule has 158 valence electrons. The second-order valence-corrected chi connectivity index (χ2v) is 7.44. The number of carbonyl (C=O) groups excluding carboxylic acids is 1. The summed E-state index contributed by atoms with van der Waals surface area (Å²) in [5.41, 5.74) is 9.68. The Labute approximate surface area is 180 Å². The van der Waals surface area contributed by atoms with Gasteiger partial charge in [-0.05, 0) is 42.5 Å². The first kappa shape index (κ1) is 20.2. The highest BCUT2D eigenvalue weighted by Gasteiger charge is 2.10. The minimum absolute atomic E-state index is 0.0705. The second kappa shape index (κ2) is 8.35. The third kappa shape index (κ3) is 4.58. The van der Waals surface area contributed by atoms with Crippen molar-refractivity contribution in [3.63, 3.8) is 0 Å². The molecule has 31 heavy (non-hydrogen) atoms. The van der Waals surface area contributed by atoms with E-state index >= 15 is 0 Å². The Morgan fingerprint density at radius 1 is 1.10 bits per heavy atom. The van der Waals surface area contributed by atoms with Crippen molar-refractivity contribution in [1.82, 2.24) is 14.5 Å². The van der Waals surface area contributed by atoms with E-state index in [-0.39, 0.29) is 6.42 Å². The van der Waals surface area contributed by atoms with Crippen LogP contribution in [0.3, 0.4) is 0 Å². The highest BCUT2D eigenvalue weighted by atomic mass is 16.5. The Hall–Kier alpha value is -4.07. The molecule has 0 aliphatic carbocycles. The Morgan fingerprint density at radius 3 is 2.55 bits per heavy atom. The topological polar surface area (TPSA) is 98.3 Å². The molecule has 0 bridgehead atoms. The van der Waals surface area contributed by atoms with Crippen LogP contribution >= 0.6 is 0 Å². The first-order valence-corrected chi connectivity index (χ1v) is 9.81. The number of rotatable bonds is 7. The molecule has 4 rings (SSSR count). The molecular formula is C23H24N6O2. The average molecular weight is 416 g/mol. The normalized spacial score (nSPS) is 10.8. The molecule has 8 heteroatoms. The third-order valence-electron chi connectivity index (χ3n) is 4.87. The van der Waals surface area contributed by atoms with Gasteiger partial charge in [-0.3, -0.25) is 9.78 Å². The number of imidazole rings is 1. The lowest BCUT2D eigenvalue weighted by atomic mass is 10.2. The molecule has 0 aliphatic heterocycles. The van der Waals surface area contributed by atoms with Gasteiger partial charge in [-0.25, -0.2) is 4.98 Å². The lowest BCUT2D eigenvalue weighted by molar-refractivity contribution is -0.117. The molecule has 4 aromatic rings. The van der Waals surface area contributed by atoms with Crippen molar-refractivity contribution < 1.29 is 9.53 Å². The molecular weight excluding hydrogens is 392 g/mol. The molecule has 8 nitrogen and oxygen atoms in total. The quantitative estimate of drug-likeness (QED) is 0.478. The number of fused-ring (bicyclic) bond motifs is 1. The van der Waals surface area contributed by atoms with Crippen LogP contribution in [0.1, 0.15) is 5.69 Å². The van der Waals surface area contributed by atoms with Gasteiger partial charge in [0.1, 0.15) is 11.5 Å². The molecule has 0 unspecified atom stereocenters. The van der Waals surface area contributed by atoms with Gasteiger partial charge in [0.05, 0.1) is 23.1 Å². The number of nitrogens with two attached hydrogens (primary N) is 1. The lowest BCUT2D eigenvalue weighted by Crippen LogP contribution is -2.14. The van der Waals surface area contributed by atoms with Crippen molar-refractivity contribution in [2.24, 2.45) is 12.8 Å². The maximum atomic E-state index is 11.1. The molecule has 0 saturated heterocycles. The van der Waals surface area contributed by atoms with Gasteiger partial charge in [0, 0.05) is 50.8 Å². The van der Waals surface area contributed by atoms with Crippen LogP contribution in [0.5, 0.6) is 11.5 Å². The SMILES string of the molecule is CN(C)c1ccc(Nc2nc3cc(Oc4ccnc(CC(N)=O)c4)ccc3n2C)cc1. The Balaban J connectivity index is 1.55. The summed E-state index contributed by atoms with van der Waals surface area (Å²) in [5, 5.41) is 3.36. The van der Waals surface area contributed by atoms with Crippen LogP contribution in [0.25, 0.3) is 11.0 Å². The number of hydrogen-bond donors (Lipinski definition) is 2. The summed E-state index contributed by atoms with van der Waals surface area (Å²) in [7, 11) is 5.99. The number of amides is 1. The zero-order chi connectivity index (χ0) is 22.0. The highest BCUT2D eigenvalue weighted by molar-refractivity contribution is 5.81. The predicted molar refractivity (Wildman–Crippen MR) is 122 cm³/mol. The van der Waals surface area contributed by atoms with E-state index in [1.54, 1.807) is 18.3 Å². The molecule has 3 N–H and O–H groups in total. The van der Waals surface area contributed by atoms with Crippen LogP contribution in [0.4, 0.5) is 17.3 Å². The van der Waals surface area contributed by atoms with E-state index in [9.17, 15) is 4.79 Å². The highest BCUT2D eigenvalue weighted by Crippen LogP contribution is 2.28. The molecule has 2 aromatic heterocycles. The van der Waals surface area contributed by atoms with Gasteiger partial charge >= 0.3 is 0 Å². The third-order valence-corrected chi connectivity index (χ3v) is 4.87. The summed E-state index contributed by atoms with van der Waals surface area (Å²) in [5.74, 6) is 1.53. The van der Waals surface area contributed by atoms with Crippen LogP contribution in [0, 0.1) is 0 Å². The van der Waals surface area contributed by atoms with E-state index in [0.717, 1.165) is 28.4 Å². The maximum Gasteiger partial charge on any atom is 0.223 e. The Morgan fingerprint density at radius 2 is 1.84 bits per heavy atom. The number of benzene rings is 2. The fourth-order valence-corrected chi connectivity index (χ4v) is 3.26. The number of primary amides is 1. The van der Waals surface area contributed by atoms with Crippen LogP contribution in [0.15, 0.2) is 60.8 Å². The van der Waals surface area contributed by atoms with E-state index in [0.29, 0.717) is 17.2 Å². The number of aryl methyl sites for hydroxylation is 1. The summed E-state index contributed by atoms with van der Waals surface area (Å²) in [6.45, 7) is 0. The first-order chi connectivity index (χ1) is 14.9. The van der Waals surface area contributed by atoms with E-state index in [1.807, 2.05) is 56.0 Å². The summed E-state index contributed by atoms with van der Waals surface area (Å²) in [6, 6.07) is 17.3. The number of ether oxygens (including phenoxy) is 1. The van der Waals surface area contributed by atoms with Crippen molar-refractivity contribution in [2.45, 2.75) is 6.42 Å². The van der Waals surface area contributed by atoms with E-state index in [1.165, 1.54) is 0 Å². The molecule has 0 spiro atoms. The van der Waals surface area contributed by atoms with Crippen molar-refractivity contribution in [3.05, 3.63) is 66.5 Å². The molecule has 1 amide bonds. The minimum atomic E-state index is -0.434. The number of carbonyl (C=O) groups is 1. The first-order valence-electron chi connectivity index (χ1n) is 9.81. The van der Waals surface area contributed by atoms with Crippen molar-refractivity contribution in [1.29, 1.82) is 0 Å². The maximum absolute atomic E-state index is 11.1. The molecule has 0 aliphatic rings. The molecule has 2 aromatic carbocycles. The zero-order valence-electron chi connectivity index (χ0n) is 17.7. The second-order valence-electron chi connectivity index (χ2n) is 7.44. The number of pyridine rings is 1. The van der Waals surface area contributed by atoms with Gasteiger partial charge in [0.2, 0.25) is 11.9 Å². The van der Waals surface area contributed by atoms with Crippen molar-refractivity contribution in [2.75, 3.05) is 24.3 Å². The smallest absolute Gasteiger partial charge is 0.223 e. The fourth-order valence-electron chi connectivity index (χ4n) is 3.26. The van der Waals surface area contributed by atoms with Crippen molar-refractivity contribution >= 4 is 34.3 Å². The molecule has 0 radical (unpaired) electrons. The van der Waals surface area contributed by atoms with Crippen LogP contribution in [0.2, 0.25) is 0 Å². The number of anilines is 3. The molecule has 0 atom stereocenters. The summed E-state index contributed by atoms with van der Waals surface area (Å²) in [6.07, 6.45) is 1.66. The van der Waals surface area contributed by atoms with Gasteiger partial charge in [-0.2, -0.15) is 0 Å². The van der Waals surface area contributed by atoms with Crippen molar-refractivity contribution in [3.8, 4) is 11.5 Å². The average Bonchev–Trinajstić information content (AvgIpc) is 3.03. The molecule has 0 saturated carbocycles. The largest absolute Gasteiger partial charge is 0.457 e. The molecule has 0 fully saturated rings. The number of nitrogens with zero attached hydrogens (tertiary/aromatic N) is 4. The molecule has 2 heterocycles. The van der Waals surface area contributed by atoms with E-state index in [4.69, 9.17) is 15.5 Å². The lowest BCUT2D eigenvalue weighted by Gasteiger charge is -2.13. The van der Waals surface area contributed by atoms with Crippen LogP contribution < -0.4 is 20.7 Å². The minimum Gasteiger partial charge on any atom is -0.457 e. The predicted octanol–water partition coefficient (Wildman–Crippen LogP) is 3.60. The Bertz CT molecular complexity index is 1230. The van der Waals surface area contributed by atoms with Gasteiger partial charge in [-0.1, -0.05) is 0 Å². The van der Waals surface area contributed by atoms with Gasteiger partial charge < -0.3 is 25.3 Å². The van der Waals surface area contributed by atoms with Crippen LogP contribution in [-0.4, -0.2) is 34.5 Å². The number of nitrogens with one attached hydrogen (secondary N) is 1. The van der Waals surface area contributed by atoms with Gasteiger partial charge in [0.25, 0.3) is 0 Å². The summed E-state index contributed by atoms with van der Waals surface area (Å²) in [4.78, 5) is 22.0. The standard InChI is InChI=1S/C23H24N6O2/c1-28(2)17-6-4-15(5-7-17)26-23-27-20-14-18(8-9-21(20)29(23)3)31-19-10-11-25-16(12-19)13-22(24)30/h4-12,14H,13H2,1-3H3,(H2,24,30)(H,26,27). The Kier molecular flexibility index (Phi) is 5.44. The summed E-state index contributed by atoms with van der Waals surface area (Å²) >= 11 is 0. The zero-order valence-corrected chi connectivity index (χ0v) is 17.7. The summed E-state index contributed by atoms with van der Waals surface area (Å²) < 4.78 is 7.94. The van der Waals surface area contributed by atoms with E-state index < -0.39 is 5.91 Å². The van der Waals surface area contributed by atoms with E-state index in [2.05, 4.69) is 27.3 Å². The van der Waals surface area contributed by atoms with Gasteiger partial charge in [-0.15, -0.1) is 0 Å². The monoisotopic (exact) mass is 416 g/mol. The van der Waals surface area contributed by atoms with Gasteiger partial charge in [0.15, 0.2) is 0 Å². The number of hydrogen-bond acceptors (Lipinski definition) is 6. The van der Waals surface area contributed by atoms with Crippen LogP contribution in [-0.2, 0) is 18.3 Å².